The van der Waals surface area contributed by atoms with E-state index in [4.69, 9.17) is 13.3 Å². The van der Waals surface area contributed by atoms with E-state index in [1.807, 2.05) is 0 Å². The molecule has 4 heterocycles. The summed E-state index contributed by atoms with van der Waals surface area (Å²) in [6.07, 6.45) is 4.17. The standard InChI is InChI=1S/C17H14N2O5/c20-15-14(12-5-2-8-23-12)19(17(15)21)16(13-6-3-9-24-13)18-10-11-4-1-7-22-11/h1-10,14-16,20H/t14-,15+,16?/m0/s1. The van der Waals surface area contributed by atoms with Crippen molar-refractivity contribution in [3.8, 4) is 0 Å². The summed E-state index contributed by atoms with van der Waals surface area (Å²) in [4.78, 5) is 18.1. The Kier molecular flexibility index (Phi) is 3.55. The molecule has 3 aromatic rings. The van der Waals surface area contributed by atoms with Gasteiger partial charge in [-0.05, 0) is 36.4 Å². The van der Waals surface area contributed by atoms with E-state index >= 15 is 0 Å². The first-order valence-electron chi connectivity index (χ1n) is 7.39. The van der Waals surface area contributed by atoms with Crippen molar-refractivity contribution < 1.29 is 23.2 Å². The highest BCUT2D eigenvalue weighted by atomic mass is 16.3. The molecule has 122 valence electrons. The number of aliphatic hydroxyl groups is 1. The van der Waals surface area contributed by atoms with E-state index in [2.05, 4.69) is 4.99 Å². The number of carbonyl (C=O) groups is 1. The lowest BCUT2D eigenvalue weighted by atomic mass is 9.94. The summed E-state index contributed by atoms with van der Waals surface area (Å²) in [5, 5.41) is 10.1. The fraction of sp³-hybridized carbons (Fsp3) is 0.176. The molecular formula is C17H14N2O5. The van der Waals surface area contributed by atoms with Gasteiger partial charge in [0.15, 0.2) is 12.3 Å². The number of hydrogen-bond donors (Lipinski definition) is 1. The Balaban J connectivity index is 1.69. The van der Waals surface area contributed by atoms with Crippen LogP contribution in [0.3, 0.4) is 0 Å². The number of nitrogens with zero attached hydrogens (tertiary/aromatic N) is 2. The van der Waals surface area contributed by atoms with E-state index in [-0.39, 0.29) is 0 Å². The average Bonchev–Trinajstić information content (AvgIpc) is 3.35. The van der Waals surface area contributed by atoms with Crippen LogP contribution in [-0.4, -0.2) is 28.2 Å². The average molecular weight is 326 g/mol. The molecule has 1 N–H and O–H groups in total. The number of likely N-dealkylation sites (tertiary alicyclic amines) is 1. The van der Waals surface area contributed by atoms with Crippen LogP contribution in [0, 0.1) is 0 Å². The third kappa shape index (κ3) is 2.35. The predicted molar refractivity (Wildman–Crippen MR) is 82.1 cm³/mol. The Morgan fingerprint density at radius 2 is 1.83 bits per heavy atom. The Hall–Kier alpha value is -3.06. The zero-order valence-electron chi connectivity index (χ0n) is 12.5. The van der Waals surface area contributed by atoms with Gasteiger partial charge in [0, 0.05) is 0 Å². The van der Waals surface area contributed by atoms with Gasteiger partial charge in [0.2, 0.25) is 0 Å². The Labute approximate surface area is 136 Å². The maximum absolute atomic E-state index is 12.3. The van der Waals surface area contributed by atoms with Gasteiger partial charge in [-0.3, -0.25) is 14.7 Å². The summed E-state index contributed by atoms with van der Waals surface area (Å²) in [6, 6.07) is 9.73. The van der Waals surface area contributed by atoms with Gasteiger partial charge in [-0.2, -0.15) is 0 Å². The van der Waals surface area contributed by atoms with Crippen LogP contribution in [-0.2, 0) is 4.79 Å². The van der Waals surface area contributed by atoms with Crippen molar-refractivity contribution in [3.63, 3.8) is 0 Å². The summed E-state index contributed by atoms with van der Waals surface area (Å²) < 4.78 is 16.0. The lowest BCUT2D eigenvalue weighted by molar-refractivity contribution is -0.175. The van der Waals surface area contributed by atoms with Crippen LogP contribution in [0.15, 0.2) is 73.4 Å². The molecule has 1 saturated heterocycles. The molecule has 7 heteroatoms. The van der Waals surface area contributed by atoms with Gasteiger partial charge in [0.1, 0.15) is 23.3 Å². The van der Waals surface area contributed by atoms with E-state index in [0.29, 0.717) is 17.3 Å². The van der Waals surface area contributed by atoms with Gasteiger partial charge in [-0.1, -0.05) is 0 Å². The Morgan fingerprint density at radius 3 is 2.50 bits per heavy atom. The van der Waals surface area contributed by atoms with Crippen molar-refractivity contribution >= 4 is 12.1 Å². The molecule has 24 heavy (non-hydrogen) atoms. The largest absolute Gasteiger partial charge is 0.467 e. The minimum Gasteiger partial charge on any atom is -0.467 e. The van der Waals surface area contributed by atoms with Crippen molar-refractivity contribution in [2.75, 3.05) is 0 Å². The molecule has 0 radical (unpaired) electrons. The SMILES string of the molecule is O=C1[C@H](O)[C@H](c2ccco2)N1C(N=Cc1ccco1)c1ccco1. The van der Waals surface area contributed by atoms with E-state index in [1.165, 1.54) is 29.9 Å². The molecule has 1 amide bonds. The number of furan rings is 3. The maximum atomic E-state index is 12.3. The number of β-lactam (4-membered cyclic amide) rings is 1. The predicted octanol–water partition coefficient (Wildman–Crippen LogP) is 2.53. The van der Waals surface area contributed by atoms with Crippen LogP contribution in [0.1, 0.15) is 29.5 Å². The minimum atomic E-state index is -1.16. The molecule has 3 atom stereocenters. The normalized spacial score (nSPS) is 22.0. The Morgan fingerprint density at radius 1 is 1.08 bits per heavy atom. The quantitative estimate of drug-likeness (QED) is 0.574. The second kappa shape index (κ2) is 5.86. The summed E-state index contributed by atoms with van der Waals surface area (Å²) in [5.41, 5.74) is 0. The van der Waals surface area contributed by atoms with Crippen molar-refractivity contribution in [1.82, 2.24) is 4.90 Å². The highest BCUT2D eigenvalue weighted by Crippen LogP contribution is 2.42. The van der Waals surface area contributed by atoms with Crippen molar-refractivity contribution in [2.24, 2.45) is 4.99 Å². The number of carbonyl (C=O) groups excluding carboxylic acids is 1. The maximum Gasteiger partial charge on any atom is 0.256 e. The lowest BCUT2D eigenvalue weighted by Gasteiger charge is -2.45. The van der Waals surface area contributed by atoms with Gasteiger partial charge in [0.05, 0.1) is 25.0 Å². The van der Waals surface area contributed by atoms with Crippen molar-refractivity contribution in [2.45, 2.75) is 18.3 Å². The molecule has 0 aromatic carbocycles. The van der Waals surface area contributed by atoms with Gasteiger partial charge >= 0.3 is 0 Å². The lowest BCUT2D eigenvalue weighted by Crippen LogP contribution is -2.59. The molecule has 1 aliphatic heterocycles. The third-order valence-corrected chi connectivity index (χ3v) is 3.89. The first kappa shape index (κ1) is 14.5. The summed E-state index contributed by atoms with van der Waals surface area (Å²) in [5.74, 6) is 1.09. The minimum absolute atomic E-state index is 0.436. The molecule has 1 unspecified atom stereocenters. The molecule has 1 fully saturated rings. The number of amides is 1. The number of hydrogen-bond acceptors (Lipinski definition) is 6. The number of aliphatic hydroxyl groups excluding tert-OH is 1. The van der Waals surface area contributed by atoms with Gasteiger partial charge in [0.25, 0.3) is 5.91 Å². The molecule has 4 rings (SSSR count). The third-order valence-electron chi connectivity index (χ3n) is 3.89. The summed E-state index contributed by atoms with van der Waals surface area (Å²) in [7, 11) is 0. The highest BCUT2D eigenvalue weighted by Gasteiger charge is 2.52. The van der Waals surface area contributed by atoms with Crippen LogP contribution in [0.5, 0.6) is 0 Å². The number of rotatable bonds is 5. The summed E-state index contributed by atoms with van der Waals surface area (Å²) in [6.45, 7) is 0. The molecular weight excluding hydrogens is 312 g/mol. The topological polar surface area (TPSA) is 92.3 Å². The van der Waals surface area contributed by atoms with Crippen LogP contribution in [0.4, 0.5) is 0 Å². The molecule has 0 bridgehead atoms. The fourth-order valence-corrected chi connectivity index (χ4v) is 2.75. The molecule has 0 aliphatic carbocycles. The van der Waals surface area contributed by atoms with Crippen molar-refractivity contribution in [3.05, 3.63) is 72.5 Å². The molecule has 0 saturated carbocycles. The smallest absolute Gasteiger partial charge is 0.256 e. The van der Waals surface area contributed by atoms with Crippen LogP contribution in [0.2, 0.25) is 0 Å². The van der Waals surface area contributed by atoms with E-state index < -0.39 is 24.2 Å². The second-order valence-electron chi connectivity index (χ2n) is 5.33. The van der Waals surface area contributed by atoms with Gasteiger partial charge < -0.3 is 18.4 Å². The zero-order valence-corrected chi connectivity index (χ0v) is 12.5. The van der Waals surface area contributed by atoms with Gasteiger partial charge in [-0.15, -0.1) is 0 Å². The second-order valence-corrected chi connectivity index (χ2v) is 5.33. The van der Waals surface area contributed by atoms with Crippen LogP contribution >= 0.6 is 0 Å². The van der Waals surface area contributed by atoms with Crippen LogP contribution in [0.25, 0.3) is 0 Å². The van der Waals surface area contributed by atoms with E-state index in [0.717, 1.165) is 0 Å². The molecule has 7 nitrogen and oxygen atoms in total. The highest BCUT2D eigenvalue weighted by molar-refractivity contribution is 5.89. The molecule has 1 aliphatic rings. The van der Waals surface area contributed by atoms with Gasteiger partial charge in [-0.25, -0.2) is 0 Å². The molecule has 0 spiro atoms. The number of aliphatic imine (C=N–C) groups is 1. The zero-order chi connectivity index (χ0) is 16.5. The first-order valence-corrected chi connectivity index (χ1v) is 7.39. The Bertz CT molecular complexity index is 821. The fourth-order valence-electron chi connectivity index (χ4n) is 2.75. The summed E-state index contributed by atoms with van der Waals surface area (Å²) >= 11 is 0. The van der Waals surface area contributed by atoms with Crippen LogP contribution < -0.4 is 0 Å². The van der Waals surface area contributed by atoms with E-state index in [1.54, 1.807) is 36.4 Å². The van der Waals surface area contributed by atoms with Crippen molar-refractivity contribution in [1.29, 1.82) is 0 Å². The first-order chi connectivity index (χ1) is 11.8. The van der Waals surface area contributed by atoms with E-state index in [9.17, 15) is 9.90 Å². The monoisotopic (exact) mass is 326 g/mol. The molecule has 3 aromatic heterocycles.